The zero-order valence-electron chi connectivity index (χ0n) is 10.5. The Bertz CT molecular complexity index is 478. The molecular formula is C12H17FN2OS. The number of benzene rings is 1. The summed E-state index contributed by atoms with van der Waals surface area (Å²) in [6, 6.07) is 4.70. The molecule has 1 rings (SSSR count). The lowest BCUT2D eigenvalue weighted by Crippen LogP contribution is -2.21. The van der Waals surface area contributed by atoms with Crippen molar-refractivity contribution in [3.8, 4) is 0 Å². The van der Waals surface area contributed by atoms with E-state index in [1.54, 1.807) is 19.1 Å². The summed E-state index contributed by atoms with van der Waals surface area (Å²) in [5.74, 6) is -0.514. The van der Waals surface area contributed by atoms with Gasteiger partial charge in [-0.1, -0.05) is 12.1 Å². The Labute approximate surface area is 104 Å². The van der Waals surface area contributed by atoms with Crippen molar-refractivity contribution in [3.05, 3.63) is 29.6 Å². The van der Waals surface area contributed by atoms with Crippen molar-refractivity contribution in [2.45, 2.75) is 32.4 Å². The van der Waals surface area contributed by atoms with E-state index in [1.807, 2.05) is 20.8 Å². The largest absolute Gasteiger partial charge is 0.396 e. The van der Waals surface area contributed by atoms with Crippen LogP contribution in [0.15, 0.2) is 22.6 Å². The van der Waals surface area contributed by atoms with Gasteiger partial charge in [-0.2, -0.15) is 4.40 Å². The van der Waals surface area contributed by atoms with Gasteiger partial charge in [-0.3, -0.25) is 0 Å². The van der Waals surface area contributed by atoms with Crippen LogP contribution in [0.2, 0.25) is 0 Å². The third kappa shape index (κ3) is 3.36. The Kier molecular flexibility index (Phi) is 4.03. The standard InChI is InChI=1S/C12H17FN2OS/c1-8(15-17(16)12(2,3)4)9-6-5-7-10(14)11(9)13/h5-7H,14H2,1-4H3/t17-/m1/s1. The molecule has 0 aliphatic carbocycles. The Balaban J connectivity index is 3.13. The van der Waals surface area contributed by atoms with Gasteiger partial charge in [0, 0.05) is 5.56 Å². The van der Waals surface area contributed by atoms with Gasteiger partial charge >= 0.3 is 0 Å². The lowest BCUT2D eigenvalue weighted by Gasteiger charge is -2.14. The second-order valence-electron chi connectivity index (χ2n) is 4.75. The van der Waals surface area contributed by atoms with Crippen molar-refractivity contribution >= 4 is 22.4 Å². The van der Waals surface area contributed by atoms with E-state index in [0.717, 1.165) is 0 Å². The first-order chi connectivity index (χ1) is 7.73. The molecule has 1 aromatic rings. The molecule has 0 bridgehead atoms. The van der Waals surface area contributed by atoms with Crippen molar-refractivity contribution in [1.82, 2.24) is 0 Å². The van der Waals surface area contributed by atoms with Crippen LogP contribution in [0.1, 0.15) is 33.3 Å². The van der Waals surface area contributed by atoms with E-state index in [-0.39, 0.29) is 5.69 Å². The first-order valence-corrected chi connectivity index (χ1v) is 6.36. The van der Waals surface area contributed by atoms with Crippen LogP contribution >= 0.6 is 0 Å². The van der Waals surface area contributed by atoms with Crippen LogP contribution in [-0.4, -0.2) is 14.7 Å². The number of hydrogen-bond acceptors (Lipinski definition) is 2. The lowest BCUT2D eigenvalue weighted by atomic mass is 10.1. The van der Waals surface area contributed by atoms with E-state index >= 15 is 0 Å². The van der Waals surface area contributed by atoms with Gasteiger partial charge in [0.1, 0.15) is 11.0 Å². The van der Waals surface area contributed by atoms with Gasteiger partial charge < -0.3 is 5.73 Å². The highest BCUT2D eigenvalue weighted by Gasteiger charge is 2.20. The van der Waals surface area contributed by atoms with Crippen molar-refractivity contribution in [3.63, 3.8) is 0 Å². The molecule has 0 amide bonds. The minimum atomic E-state index is -1.40. The van der Waals surface area contributed by atoms with Gasteiger partial charge in [-0.25, -0.2) is 8.60 Å². The molecule has 0 aliphatic rings. The fourth-order valence-corrected chi connectivity index (χ4v) is 1.76. The van der Waals surface area contributed by atoms with Crippen LogP contribution in [-0.2, 0) is 11.0 Å². The van der Waals surface area contributed by atoms with Crippen LogP contribution in [0.4, 0.5) is 10.1 Å². The van der Waals surface area contributed by atoms with Crippen LogP contribution in [0.5, 0.6) is 0 Å². The number of nitrogens with two attached hydrogens (primary N) is 1. The van der Waals surface area contributed by atoms with Crippen LogP contribution in [0, 0.1) is 5.82 Å². The molecule has 0 fully saturated rings. The predicted octanol–water partition coefficient (Wildman–Crippen LogP) is 2.68. The highest BCUT2D eigenvalue weighted by molar-refractivity contribution is 7.85. The Morgan fingerprint density at radius 3 is 2.53 bits per heavy atom. The minimum absolute atomic E-state index is 0.0681. The van der Waals surface area contributed by atoms with Crippen LogP contribution in [0.25, 0.3) is 0 Å². The van der Waals surface area contributed by atoms with E-state index in [1.165, 1.54) is 6.07 Å². The third-order valence-electron chi connectivity index (χ3n) is 2.16. The number of halogens is 1. The van der Waals surface area contributed by atoms with Crippen molar-refractivity contribution in [2.75, 3.05) is 5.73 Å². The van der Waals surface area contributed by atoms with E-state index in [2.05, 4.69) is 4.40 Å². The van der Waals surface area contributed by atoms with E-state index in [0.29, 0.717) is 11.3 Å². The number of anilines is 1. The molecule has 0 aliphatic heterocycles. The Morgan fingerprint density at radius 2 is 2.00 bits per heavy atom. The SMILES string of the molecule is CC(=N[S@](=O)C(C)(C)C)c1cccc(N)c1F. The molecule has 0 saturated heterocycles. The van der Waals surface area contributed by atoms with Gasteiger partial charge in [0.15, 0.2) is 5.82 Å². The van der Waals surface area contributed by atoms with E-state index in [9.17, 15) is 8.60 Å². The highest BCUT2D eigenvalue weighted by atomic mass is 32.2. The molecule has 17 heavy (non-hydrogen) atoms. The molecule has 0 radical (unpaired) electrons. The topological polar surface area (TPSA) is 55.5 Å². The number of nitrogens with zero attached hydrogens (tertiary/aromatic N) is 1. The molecule has 0 unspecified atom stereocenters. The molecule has 0 saturated carbocycles. The van der Waals surface area contributed by atoms with Crippen molar-refractivity contribution in [2.24, 2.45) is 4.40 Å². The summed E-state index contributed by atoms with van der Waals surface area (Å²) in [7, 11) is -1.40. The molecule has 3 nitrogen and oxygen atoms in total. The quantitative estimate of drug-likeness (QED) is 0.653. The normalized spacial score (nSPS) is 14.8. The first kappa shape index (κ1) is 13.8. The first-order valence-electron chi connectivity index (χ1n) is 5.25. The Hall–Kier alpha value is -1.23. The summed E-state index contributed by atoms with van der Waals surface area (Å²) in [6.07, 6.45) is 0. The monoisotopic (exact) mass is 256 g/mol. The molecule has 0 spiro atoms. The average molecular weight is 256 g/mol. The number of nitrogen functional groups attached to an aromatic ring is 1. The summed E-state index contributed by atoms with van der Waals surface area (Å²) in [5, 5.41) is 0. The third-order valence-corrected chi connectivity index (χ3v) is 3.65. The van der Waals surface area contributed by atoms with Gasteiger partial charge in [0.25, 0.3) is 0 Å². The van der Waals surface area contributed by atoms with Crippen molar-refractivity contribution in [1.29, 1.82) is 0 Å². The fraction of sp³-hybridized carbons (Fsp3) is 0.417. The number of rotatable bonds is 2. The van der Waals surface area contributed by atoms with Gasteiger partial charge in [0.2, 0.25) is 0 Å². The molecule has 0 heterocycles. The molecule has 0 aromatic heterocycles. The predicted molar refractivity (Wildman–Crippen MR) is 70.9 cm³/mol. The maximum atomic E-state index is 13.7. The molecule has 1 aromatic carbocycles. The second-order valence-corrected chi connectivity index (χ2v) is 6.65. The molecule has 2 N–H and O–H groups in total. The Morgan fingerprint density at radius 1 is 1.41 bits per heavy atom. The summed E-state index contributed by atoms with van der Waals surface area (Å²) in [5.41, 5.74) is 6.22. The maximum absolute atomic E-state index is 13.7. The minimum Gasteiger partial charge on any atom is -0.396 e. The van der Waals surface area contributed by atoms with Crippen LogP contribution < -0.4 is 5.73 Å². The molecule has 94 valence electrons. The van der Waals surface area contributed by atoms with Crippen molar-refractivity contribution < 1.29 is 8.60 Å². The summed E-state index contributed by atoms with van der Waals surface area (Å²) in [4.78, 5) is 0. The lowest BCUT2D eigenvalue weighted by molar-refractivity contribution is 0.630. The summed E-state index contributed by atoms with van der Waals surface area (Å²) in [6.45, 7) is 7.07. The van der Waals surface area contributed by atoms with Gasteiger partial charge in [-0.05, 0) is 33.8 Å². The average Bonchev–Trinajstić information content (AvgIpc) is 2.20. The van der Waals surface area contributed by atoms with Crippen LogP contribution in [0.3, 0.4) is 0 Å². The van der Waals surface area contributed by atoms with Gasteiger partial charge in [-0.15, -0.1) is 0 Å². The molecule has 5 heteroatoms. The molecule has 1 atom stereocenters. The fourth-order valence-electron chi connectivity index (χ4n) is 1.14. The zero-order valence-corrected chi connectivity index (χ0v) is 11.3. The maximum Gasteiger partial charge on any atom is 0.155 e. The molecular weight excluding hydrogens is 239 g/mol. The van der Waals surface area contributed by atoms with Gasteiger partial charge in [0.05, 0.1) is 16.1 Å². The number of hydrogen-bond donors (Lipinski definition) is 1. The summed E-state index contributed by atoms with van der Waals surface area (Å²) >= 11 is 0. The van der Waals surface area contributed by atoms with E-state index < -0.39 is 21.5 Å². The smallest absolute Gasteiger partial charge is 0.155 e. The second kappa shape index (κ2) is 4.96. The highest BCUT2D eigenvalue weighted by Crippen LogP contribution is 2.18. The zero-order chi connectivity index (χ0) is 13.2. The summed E-state index contributed by atoms with van der Waals surface area (Å²) < 4.78 is 29.1. The van der Waals surface area contributed by atoms with E-state index in [4.69, 9.17) is 5.73 Å².